The largest absolute Gasteiger partial charge is 0.490 e. The van der Waals surface area contributed by atoms with E-state index in [0.717, 1.165) is 25.7 Å². The Morgan fingerprint density at radius 3 is 2.35 bits per heavy atom. The van der Waals surface area contributed by atoms with Gasteiger partial charge < -0.3 is 15.6 Å². The van der Waals surface area contributed by atoms with Crippen molar-refractivity contribution in [3.63, 3.8) is 0 Å². The van der Waals surface area contributed by atoms with E-state index in [4.69, 9.17) is 5.73 Å². The molecule has 1 aliphatic rings. The summed E-state index contributed by atoms with van der Waals surface area (Å²) in [7, 11) is 0. The molecule has 0 aromatic rings. The molecule has 1 rings (SSSR count). The monoisotopic (exact) mass is 339 g/mol. The number of ether oxygens (including phenoxy) is 1. The van der Waals surface area contributed by atoms with Crippen molar-refractivity contribution in [3.05, 3.63) is 0 Å². The van der Waals surface area contributed by atoms with Crippen molar-refractivity contribution in [2.24, 2.45) is 11.7 Å². The van der Waals surface area contributed by atoms with Crippen LogP contribution in [-0.4, -0.2) is 35.0 Å². The van der Waals surface area contributed by atoms with Crippen LogP contribution in [0.25, 0.3) is 0 Å². The molecule has 3 atom stereocenters. The normalized spacial score (nSPS) is 22.2. The molecular weight excluding hydrogens is 311 g/mol. The summed E-state index contributed by atoms with van der Waals surface area (Å²) in [6, 6.07) is -0.733. The molecular formula is C16H28F3NO3. The zero-order chi connectivity index (χ0) is 17.7. The van der Waals surface area contributed by atoms with Crippen LogP contribution in [0.4, 0.5) is 13.2 Å². The number of hydrogen-bond donors (Lipinski definition) is 2. The predicted molar refractivity (Wildman–Crippen MR) is 80.6 cm³/mol. The SMILES string of the molecule is CCC[C@H](OC(=O)C(F)(F)F)[C@](C)(O)[C@@H](N)CC1CCCCC1. The van der Waals surface area contributed by atoms with Gasteiger partial charge >= 0.3 is 12.1 Å². The summed E-state index contributed by atoms with van der Waals surface area (Å²) < 4.78 is 41.8. The van der Waals surface area contributed by atoms with Crippen LogP contribution in [0.5, 0.6) is 0 Å². The van der Waals surface area contributed by atoms with Gasteiger partial charge in [-0.25, -0.2) is 4.79 Å². The Balaban J connectivity index is 2.74. The van der Waals surface area contributed by atoms with Crippen LogP contribution in [0, 0.1) is 5.92 Å². The summed E-state index contributed by atoms with van der Waals surface area (Å²) in [6.45, 7) is 3.11. The average molecular weight is 339 g/mol. The van der Waals surface area contributed by atoms with Crippen molar-refractivity contribution in [1.82, 2.24) is 0 Å². The van der Waals surface area contributed by atoms with E-state index in [1.54, 1.807) is 6.92 Å². The lowest BCUT2D eigenvalue weighted by Gasteiger charge is -2.39. The van der Waals surface area contributed by atoms with E-state index in [2.05, 4.69) is 4.74 Å². The molecule has 0 radical (unpaired) electrons. The van der Waals surface area contributed by atoms with Crippen LogP contribution in [-0.2, 0) is 9.53 Å². The maximum atomic E-state index is 12.4. The molecule has 0 aliphatic heterocycles. The van der Waals surface area contributed by atoms with E-state index < -0.39 is 29.9 Å². The topological polar surface area (TPSA) is 72.5 Å². The molecule has 136 valence electrons. The van der Waals surface area contributed by atoms with Crippen LogP contribution in [0.2, 0.25) is 0 Å². The summed E-state index contributed by atoms with van der Waals surface area (Å²) >= 11 is 0. The van der Waals surface area contributed by atoms with E-state index in [9.17, 15) is 23.1 Å². The van der Waals surface area contributed by atoms with Gasteiger partial charge in [0.05, 0.1) is 0 Å². The zero-order valence-corrected chi connectivity index (χ0v) is 13.9. The smallest absolute Gasteiger partial charge is 0.453 e. The molecule has 4 nitrogen and oxygen atoms in total. The summed E-state index contributed by atoms with van der Waals surface area (Å²) in [6.07, 6.45) is 0.239. The van der Waals surface area contributed by atoms with Crippen molar-refractivity contribution < 1.29 is 27.8 Å². The van der Waals surface area contributed by atoms with Crippen molar-refractivity contribution in [3.8, 4) is 0 Å². The second kappa shape index (κ2) is 8.33. The number of carbonyl (C=O) groups is 1. The van der Waals surface area contributed by atoms with Gasteiger partial charge in [0.2, 0.25) is 0 Å². The summed E-state index contributed by atoms with van der Waals surface area (Å²) in [5, 5.41) is 10.6. The van der Waals surface area contributed by atoms with Crippen LogP contribution >= 0.6 is 0 Å². The Kier molecular flexibility index (Phi) is 7.32. The first-order valence-corrected chi connectivity index (χ1v) is 8.34. The number of rotatable bonds is 7. The molecule has 0 heterocycles. The van der Waals surface area contributed by atoms with Gasteiger partial charge in [0.15, 0.2) is 0 Å². The van der Waals surface area contributed by atoms with Gasteiger partial charge in [-0.3, -0.25) is 0 Å². The minimum absolute atomic E-state index is 0.132. The maximum Gasteiger partial charge on any atom is 0.490 e. The Labute approximate surface area is 135 Å². The van der Waals surface area contributed by atoms with Gasteiger partial charge in [-0.15, -0.1) is 0 Å². The second-order valence-electron chi connectivity index (χ2n) is 6.75. The van der Waals surface area contributed by atoms with Crippen molar-refractivity contribution in [2.45, 2.75) is 89.1 Å². The van der Waals surface area contributed by atoms with E-state index >= 15 is 0 Å². The summed E-state index contributed by atoms with van der Waals surface area (Å²) in [4.78, 5) is 11.1. The average Bonchev–Trinajstić information content (AvgIpc) is 2.46. The van der Waals surface area contributed by atoms with E-state index in [1.165, 1.54) is 13.3 Å². The fourth-order valence-corrected chi connectivity index (χ4v) is 3.19. The Bertz CT molecular complexity index is 379. The third-order valence-corrected chi connectivity index (χ3v) is 4.75. The third-order valence-electron chi connectivity index (χ3n) is 4.75. The molecule has 1 aliphatic carbocycles. The van der Waals surface area contributed by atoms with E-state index in [-0.39, 0.29) is 6.42 Å². The fraction of sp³-hybridized carbons (Fsp3) is 0.938. The first-order chi connectivity index (χ1) is 10.6. The van der Waals surface area contributed by atoms with E-state index in [0.29, 0.717) is 18.8 Å². The van der Waals surface area contributed by atoms with Gasteiger partial charge in [-0.05, 0) is 25.7 Å². The molecule has 1 saturated carbocycles. The predicted octanol–water partition coefficient (Wildman–Crippen LogP) is 3.31. The van der Waals surface area contributed by atoms with Crippen molar-refractivity contribution in [2.75, 3.05) is 0 Å². The molecule has 0 amide bonds. The molecule has 1 fully saturated rings. The first-order valence-electron chi connectivity index (χ1n) is 8.34. The fourth-order valence-electron chi connectivity index (χ4n) is 3.19. The first kappa shape index (κ1) is 20.2. The number of nitrogens with two attached hydrogens (primary N) is 1. The number of halogens is 3. The zero-order valence-electron chi connectivity index (χ0n) is 13.9. The van der Waals surface area contributed by atoms with Crippen LogP contribution < -0.4 is 5.73 Å². The highest BCUT2D eigenvalue weighted by Crippen LogP contribution is 2.32. The molecule has 7 heteroatoms. The Morgan fingerprint density at radius 1 is 1.30 bits per heavy atom. The standard InChI is InChI=1S/C16H28F3NO3/c1-3-7-13(23-14(21)16(17,18)19)15(2,22)12(20)10-11-8-5-4-6-9-11/h11-13,22H,3-10,20H2,1-2H3/t12-,13-,15+/m0/s1. The minimum atomic E-state index is -5.07. The van der Waals surface area contributed by atoms with Gasteiger partial charge in [-0.2, -0.15) is 13.2 Å². The quantitative estimate of drug-likeness (QED) is 0.698. The summed E-state index contributed by atoms with van der Waals surface area (Å²) in [5.74, 6) is -1.91. The molecule has 0 saturated heterocycles. The molecule has 3 N–H and O–H groups in total. The molecule has 0 aromatic heterocycles. The minimum Gasteiger partial charge on any atom is -0.453 e. The Morgan fingerprint density at radius 2 is 1.87 bits per heavy atom. The Hall–Kier alpha value is -0.820. The number of carbonyl (C=O) groups excluding carboxylic acids is 1. The molecule has 23 heavy (non-hydrogen) atoms. The summed E-state index contributed by atoms with van der Waals surface area (Å²) in [5.41, 5.74) is 4.39. The van der Waals surface area contributed by atoms with Gasteiger partial charge in [0, 0.05) is 6.04 Å². The second-order valence-corrected chi connectivity index (χ2v) is 6.75. The molecule has 0 unspecified atom stereocenters. The van der Waals surface area contributed by atoms with Gasteiger partial charge in [0.1, 0.15) is 11.7 Å². The lowest BCUT2D eigenvalue weighted by Crippen LogP contribution is -2.56. The van der Waals surface area contributed by atoms with Crippen molar-refractivity contribution >= 4 is 5.97 Å². The molecule has 0 aromatic carbocycles. The van der Waals surface area contributed by atoms with Gasteiger partial charge in [-0.1, -0.05) is 45.4 Å². The molecule has 0 spiro atoms. The van der Waals surface area contributed by atoms with Crippen LogP contribution in [0.3, 0.4) is 0 Å². The van der Waals surface area contributed by atoms with Crippen LogP contribution in [0.1, 0.15) is 65.2 Å². The third kappa shape index (κ3) is 5.95. The van der Waals surface area contributed by atoms with Crippen molar-refractivity contribution in [1.29, 1.82) is 0 Å². The highest BCUT2D eigenvalue weighted by Gasteiger charge is 2.47. The maximum absolute atomic E-state index is 12.4. The number of hydrogen-bond acceptors (Lipinski definition) is 4. The number of esters is 1. The van der Waals surface area contributed by atoms with E-state index in [1.807, 2.05) is 0 Å². The number of aliphatic hydroxyl groups is 1. The lowest BCUT2D eigenvalue weighted by atomic mass is 9.78. The molecule has 0 bridgehead atoms. The highest BCUT2D eigenvalue weighted by atomic mass is 19.4. The lowest BCUT2D eigenvalue weighted by molar-refractivity contribution is -0.216. The van der Waals surface area contributed by atoms with Gasteiger partial charge in [0.25, 0.3) is 0 Å². The van der Waals surface area contributed by atoms with Crippen LogP contribution in [0.15, 0.2) is 0 Å². The number of alkyl halides is 3. The highest BCUT2D eigenvalue weighted by molar-refractivity contribution is 5.75.